The number of nitrogens with two attached hydrogens (primary N) is 1. The molecular formula is C17H26ClN3O2. The van der Waals surface area contributed by atoms with Crippen molar-refractivity contribution >= 4 is 29.9 Å². The highest BCUT2D eigenvalue weighted by atomic mass is 35.5. The molecule has 0 spiro atoms. The number of nitrogens with one attached hydrogen (secondary N) is 2. The highest BCUT2D eigenvalue weighted by molar-refractivity contribution is 5.95. The molecule has 0 heterocycles. The number of rotatable bonds is 5. The van der Waals surface area contributed by atoms with Crippen molar-refractivity contribution in [2.24, 2.45) is 11.7 Å². The third kappa shape index (κ3) is 5.52. The number of anilines is 1. The zero-order valence-corrected chi connectivity index (χ0v) is 14.5. The van der Waals surface area contributed by atoms with Crippen LogP contribution >= 0.6 is 12.4 Å². The molecule has 2 amide bonds. The van der Waals surface area contributed by atoms with Gasteiger partial charge >= 0.3 is 0 Å². The number of aryl methyl sites for hydroxylation is 2. The van der Waals surface area contributed by atoms with Crippen molar-refractivity contribution in [2.75, 3.05) is 11.9 Å². The van der Waals surface area contributed by atoms with Gasteiger partial charge < -0.3 is 16.4 Å². The molecule has 1 aliphatic rings. The second-order valence-electron chi connectivity index (χ2n) is 6.15. The van der Waals surface area contributed by atoms with Gasteiger partial charge in [-0.15, -0.1) is 12.4 Å². The molecule has 1 aliphatic carbocycles. The Morgan fingerprint density at radius 3 is 2.39 bits per heavy atom. The summed E-state index contributed by atoms with van der Waals surface area (Å²) < 4.78 is 0. The zero-order valence-electron chi connectivity index (χ0n) is 13.7. The van der Waals surface area contributed by atoms with E-state index < -0.39 is 0 Å². The van der Waals surface area contributed by atoms with E-state index in [1.165, 1.54) is 0 Å². The average Bonchev–Trinajstić information content (AvgIpc) is 2.86. The van der Waals surface area contributed by atoms with Gasteiger partial charge in [-0.1, -0.05) is 24.6 Å². The van der Waals surface area contributed by atoms with Gasteiger partial charge in [0.15, 0.2) is 0 Å². The van der Waals surface area contributed by atoms with Gasteiger partial charge in [-0.05, 0) is 43.7 Å². The van der Waals surface area contributed by atoms with E-state index in [1.807, 2.05) is 32.0 Å². The first kappa shape index (κ1) is 19.5. The molecule has 0 radical (unpaired) electrons. The summed E-state index contributed by atoms with van der Waals surface area (Å²) in [4.78, 5) is 23.9. The molecule has 0 aliphatic heterocycles. The Kier molecular flexibility index (Phi) is 7.52. The highest BCUT2D eigenvalue weighted by Crippen LogP contribution is 2.26. The first-order valence-corrected chi connectivity index (χ1v) is 7.85. The van der Waals surface area contributed by atoms with Crippen LogP contribution in [0.15, 0.2) is 18.2 Å². The van der Waals surface area contributed by atoms with Crippen molar-refractivity contribution in [1.29, 1.82) is 0 Å². The Bertz CT molecular complexity index is 543. The minimum Gasteiger partial charge on any atom is -0.347 e. The van der Waals surface area contributed by atoms with Gasteiger partial charge in [0, 0.05) is 18.2 Å². The first-order chi connectivity index (χ1) is 10.5. The summed E-state index contributed by atoms with van der Waals surface area (Å²) in [5.74, 6) is -0.0536. The maximum atomic E-state index is 12.0. The molecule has 0 unspecified atom stereocenters. The van der Waals surface area contributed by atoms with Gasteiger partial charge in [0.25, 0.3) is 0 Å². The van der Waals surface area contributed by atoms with Crippen LogP contribution in [0.25, 0.3) is 0 Å². The van der Waals surface area contributed by atoms with Gasteiger partial charge in [-0.2, -0.15) is 0 Å². The third-order valence-electron chi connectivity index (χ3n) is 4.36. The molecule has 0 saturated heterocycles. The Balaban J connectivity index is 0.00000264. The minimum absolute atomic E-state index is 0. The van der Waals surface area contributed by atoms with Gasteiger partial charge in [-0.25, -0.2) is 0 Å². The lowest BCUT2D eigenvalue weighted by molar-refractivity contribution is -0.124. The van der Waals surface area contributed by atoms with E-state index in [-0.39, 0.29) is 42.7 Å². The monoisotopic (exact) mass is 339 g/mol. The van der Waals surface area contributed by atoms with Crippen molar-refractivity contribution in [3.05, 3.63) is 29.3 Å². The average molecular weight is 340 g/mol. The standard InChI is InChI=1S/C17H25N3O2.ClH/c1-11-5-3-6-12(2)17(11)20-16(22)10-19-15(21)9-13-7-4-8-14(13)18;/h3,5-6,13-14H,4,7-10,18H2,1-2H3,(H,19,21)(H,20,22);1H/t13-,14+;/m0./s1. The number of carbonyl (C=O) groups excluding carboxylic acids is 2. The van der Waals surface area contributed by atoms with E-state index in [0.29, 0.717) is 6.42 Å². The normalized spacial score (nSPS) is 19.8. The predicted octanol–water partition coefficient (Wildman–Crippen LogP) is 2.30. The molecule has 128 valence electrons. The molecule has 1 saturated carbocycles. The number of para-hydroxylation sites is 1. The Labute approximate surface area is 143 Å². The van der Waals surface area contributed by atoms with Gasteiger partial charge in [-0.3, -0.25) is 9.59 Å². The molecule has 4 N–H and O–H groups in total. The van der Waals surface area contributed by atoms with Crippen LogP contribution in [-0.4, -0.2) is 24.4 Å². The minimum atomic E-state index is -0.207. The van der Waals surface area contributed by atoms with Gasteiger partial charge in [0.05, 0.1) is 6.54 Å². The van der Waals surface area contributed by atoms with E-state index in [0.717, 1.165) is 36.1 Å². The van der Waals surface area contributed by atoms with Crippen molar-refractivity contribution in [1.82, 2.24) is 5.32 Å². The van der Waals surface area contributed by atoms with E-state index in [4.69, 9.17) is 5.73 Å². The van der Waals surface area contributed by atoms with Crippen LogP contribution in [0.2, 0.25) is 0 Å². The van der Waals surface area contributed by atoms with Crippen molar-refractivity contribution in [2.45, 2.75) is 45.6 Å². The third-order valence-corrected chi connectivity index (χ3v) is 4.36. The highest BCUT2D eigenvalue weighted by Gasteiger charge is 2.26. The molecule has 6 heteroatoms. The maximum absolute atomic E-state index is 12.0. The zero-order chi connectivity index (χ0) is 16.1. The van der Waals surface area contributed by atoms with Crippen molar-refractivity contribution in [3.8, 4) is 0 Å². The number of hydrogen-bond acceptors (Lipinski definition) is 3. The van der Waals surface area contributed by atoms with Crippen LogP contribution in [0.1, 0.15) is 36.8 Å². The van der Waals surface area contributed by atoms with Gasteiger partial charge in [0.1, 0.15) is 0 Å². The maximum Gasteiger partial charge on any atom is 0.243 e. The van der Waals surface area contributed by atoms with E-state index in [1.54, 1.807) is 0 Å². The van der Waals surface area contributed by atoms with Crippen LogP contribution in [0.4, 0.5) is 5.69 Å². The molecule has 0 aromatic heterocycles. The molecule has 23 heavy (non-hydrogen) atoms. The molecular weight excluding hydrogens is 314 g/mol. The predicted molar refractivity (Wildman–Crippen MR) is 94.7 cm³/mol. The molecule has 1 fully saturated rings. The molecule has 0 bridgehead atoms. The second-order valence-corrected chi connectivity index (χ2v) is 6.15. The second kappa shape index (κ2) is 8.89. The van der Waals surface area contributed by atoms with E-state index >= 15 is 0 Å². The SMILES string of the molecule is Cc1cccc(C)c1NC(=O)CNC(=O)C[C@@H]1CCC[C@H]1N.Cl. The number of carbonyl (C=O) groups is 2. The fourth-order valence-corrected chi connectivity index (χ4v) is 3.00. The van der Waals surface area contributed by atoms with Crippen LogP contribution in [0.3, 0.4) is 0 Å². The largest absolute Gasteiger partial charge is 0.347 e. The van der Waals surface area contributed by atoms with Gasteiger partial charge in [0.2, 0.25) is 11.8 Å². The molecule has 1 aromatic rings. The van der Waals surface area contributed by atoms with Crippen molar-refractivity contribution < 1.29 is 9.59 Å². The lowest BCUT2D eigenvalue weighted by atomic mass is 10.00. The molecule has 2 atom stereocenters. The Morgan fingerprint density at radius 2 is 1.83 bits per heavy atom. The molecule has 1 aromatic carbocycles. The summed E-state index contributed by atoms with van der Waals surface area (Å²) in [6.07, 6.45) is 3.50. The van der Waals surface area contributed by atoms with Crippen LogP contribution in [0, 0.1) is 19.8 Å². The lowest BCUT2D eigenvalue weighted by Crippen LogP contribution is -2.36. The summed E-state index contributed by atoms with van der Waals surface area (Å²) in [5, 5.41) is 5.54. The summed E-state index contributed by atoms with van der Waals surface area (Å²) in [7, 11) is 0. The smallest absolute Gasteiger partial charge is 0.243 e. The summed E-state index contributed by atoms with van der Waals surface area (Å²) >= 11 is 0. The molecule has 5 nitrogen and oxygen atoms in total. The Hall–Kier alpha value is -1.59. The fraction of sp³-hybridized carbons (Fsp3) is 0.529. The topological polar surface area (TPSA) is 84.2 Å². The van der Waals surface area contributed by atoms with Crippen LogP contribution < -0.4 is 16.4 Å². The van der Waals surface area contributed by atoms with E-state index in [2.05, 4.69) is 10.6 Å². The Morgan fingerprint density at radius 1 is 1.17 bits per heavy atom. The number of hydrogen-bond donors (Lipinski definition) is 3. The van der Waals surface area contributed by atoms with Crippen LogP contribution in [0.5, 0.6) is 0 Å². The quantitative estimate of drug-likeness (QED) is 0.769. The molecule has 2 rings (SSSR count). The fourth-order valence-electron chi connectivity index (χ4n) is 3.00. The van der Waals surface area contributed by atoms with Crippen molar-refractivity contribution in [3.63, 3.8) is 0 Å². The number of halogens is 1. The summed E-state index contributed by atoms with van der Waals surface area (Å²) in [6.45, 7) is 3.89. The number of amides is 2. The summed E-state index contributed by atoms with van der Waals surface area (Å²) in [6, 6.07) is 5.97. The van der Waals surface area contributed by atoms with Crippen LogP contribution in [-0.2, 0) is 9.59 Å². The summed E-state index contributed by atoms with van der Waals surface area (Å²) in [5.41, 5.74) is 8.80. The first-order valence-electron chi connectivity index (χ1n) is 7.85. The number of benzene rings is 1. The lowest BCUT2D eigenvalue weighted by Gasteiger charge is -2.15. The van der Waals surface area contributed by atoms with E-state index in [9.17, 15) is 9.59 Å².